The molecule has 3 aromatic heterocycles. The van der Waals surface area contributed by atoms with Gasteiger partial charge in [-0.05, 0) is 55.3 Å². The van der Waals surface area contributed by atoms with Crippen molar-refractivity contribution in [2.75, 3.05) is 6.61 Å². The minimum atomic E-state index is -0.769. The number of hydrogen-bond acceptors (Lipinski definition) is 7. The molecule has 0 fully saturated rings. The zero-order valence-electron chi connectivity index (χ0n) is 18.3. The summed E-state index contributed by atoms with van der Waals surface area (Å²) >= 11 is 0. The number of aromatic nitrogens is 3. The Morgan fingerprint density at radius 1 is 1.24 bits per heavy atom. The summed E-state index contributed by atoms with van der Waals surface area (Å²) in [5, 5.41) is 17.3. The highest BCUT2D eigenvalue weighted by Gasteiger charge is 2.33. The fraction of sp³-hybridized carbons (Fsp3) is 0.240. The molecule has 0 saturated carbocycles. The van der Waals surface area contributed by atoms with Gasteiger partial charge >= 0.3 is 0 Å². The van der Waals surface area contributed by atoms with Gasteiger partial charge in [0.05, 0.1) is 42.7 Å². The van der Waals surface area contributed by atoms with Crippen LogP contribution in [-0.2, 0) is 23.3 Å². The van der Waals surface area contributed by atoms with E-state index < -0.39 is 5.41 Å². The van der Waals surface area contributed by atoms with Gasteiger partial charge in [-0.25, -0.2) is 4.98 Å². The monoisotopic (exact) mass is 439 g/mol. The smallest absolute Gasteiger partial charge is 0.251 e. The van der Waals surface area contributed by atoms with E-state index in [0.29, 0.717) is 35.9 Å². The summed E-state index contributed by atoms with van der Waals surface area (Å²) in [6.07, 6.45) is 1.73. The molecule has 33 heavy (non-hydrogen) atoms. The van der Waals surface area contributed by atoms with Crippen LogP contribution in [0.1, 0.15) is 39.8 Å². The molecule has 0 aliphatic carbocycles. The number of nitrogens with zero attached hydrogens (tertiary/aromatic N) is 4. The number of nitriles is 1. The number of hydrogen-bond donors (Lipinski definition) is 1. The fourth-order valence-electron chi connectivity index (χ4n) is 3.94. The van der Waals surface area contributed by atoms with Gasteiger partial charge in [0.1, 0.15) is 11.1 Å². The van der Waals surface area contributed by atoms with E-state index in [1.807, 2.05) is 44.2 Å². The summed E-state index contributed by atoms with van der Waals surface area (Å²) in [6.45, 7) is 4.68. The zero-order valence-corrected chi connectivity index (χ0v) is 18.3. The maximum atomic E-state index is 12.8. The van der Waals surface area contributed by atoms with Crippen LogP contribution >= 0.6 is 0 Å². The van der Waals surface area contributed by atoms with Crippen molar-refractivity contribution in [3.05, 3.63) is 76.7 Å². The van der Waals surface area contributed by atoms with E-state index in [-0.39, 0.29) is 12.5 Å². The highest BCUT2D eigenvalue weighted by molar-refractivity contribution is 5.94. The van der Waals surface area contributed by atoms with Gasteiger partial charge in [-0.2, -0.15) is 5.26 Å². The molecule has 164 valence electrons. The predicted octanol–water partition coefficient (Wildman–Crippen LogP) is 3.83. The molecule has 1 aliphatic heterocycles. The van der Waals surface area contributed by atoms with E-state index in [4.69, 9.17) is 9.26 Å². The third-order valence-electron chi connectivity index (χ3n) is 5.80. The quantitative estimate of drug-likeness (QED) is 0.514. The number of pyridine rings is 2. The topological polar surface area (TPSA) is 114 Å². The number of carbonyl (C=O) groups is 1. The summed E-state index contributed by atoms with van der Waals surface area (Å²) in [5.41, 5.74) is 4.40. The maximum absolute atomic E-state index is 12.8. The van der Waals surface area contributed by atoms with Crippen molar-refractivity contribution < 1.29 is 14.1 Å². The highest BCUT2D eigenvalue weighted by atomic mass is 16.5. The van der Waals surface area contributed by atoms with Crippen molar-refractivity contribution >= 4 is 16.8 Å². The molecule has 1 atom stereocenters. The minimum Gasteiger partial charge on any atom is -0.375 e. The van der Waals surface area contributed by atoms with E-state index in [0.717, 1.165) is 27.7 Å². The molecule has 1 N–H and O–H groups in total. The molecule has 0 unspecified atom stereocenters. The molecule has 5 rings (SSSR count). The Morgan fingerprint density at radius 3 is 2.91 bits per heavy atom. The Morgan fingerprint density at radius 2 is 2.12 bits per heavy atom. The number of carbonyl (C=O) groups excluding carboxylic acids is 1. The number of ether oxygens (including phenoxy) is 1. The lowest BCUT2D eigenvalue weighted by Crippen LogP contribution is -2.33. The van der Waals surface area contributed by atoms with E-state index in [2.05, 4.69) is 26.5 Å². The van der Waals surface area contributed by atoms with Crippen LogP contribution in [0.15, 0.2) is 53.2 Å². The minimum absolute atomic E-state index is 0.231. The summed E-state index contributed by atoms with van der Waals surface area (Å²) in [6, 6.07) is 15.2. The van der Waals surface area contributed by atoms with E-state index >= 15 is 0 Å². The zero-order chi connectivity index (χ0) is 23.0. The molecule has 0 radical (unpaired) electrons. The molecule has 8 heteroatoms. The lowest BCUT2D eigenvalue weighted by Gasteiger charge is -2.30. The molecular formula is C25H21N5O3. The summed E-state index contributed by atoms with van der Waals surface area (Å²) in [4.78, 5) is 21.9. The van der Waals surface area contributed by atoms with Gasteiger partial charge in [0.15, 0.2) is 5.76 Å². The normalized spacial score (nSPS) is 17.4. The predicted molar refractivity (Wildman–Crippen MR) is 120 cm³/mol. The van der Waals surface area contributed by atoms with Crippen molar-refractivity contribution in [3.8, 4) is 17.5 Å². The number of benzene rings is 1. The first-order valence-electron chi connectivity index (χ1n) is 10.6. The Balaban J connectivity index is 1.35. The summed E-state index contributed by atoms with van der Waals surface area (Å²) in [7, 11) is 0. The highest BCUT2D eigenvalue weighted by Crippen LogP contribution is 2.32. The number of amides is 1. The Hall–Kier alpha value is -4.09. The average Bonchev–Trinajstić information content (AvgIpc) is 3.28. The van der Waals surface area contributed by atoms with Crippen molar-refractivity contribution in [3.63, 3.8) is 0 Å². The summed E-state index contributed by atoms with van der Waals surface area (Å²) in [5.74, 6) is 0.369. The Kier molecular flexibility index (Phi) is 5.11. The number of aryl methyl sites for hydroxylation is 1. The number of fused-ring (bicyclic) bond motifs is 2. The van der Waals surface area contributed by atoms with Crippen LogP contribution in [0.2, 0.25) is 0 Å². The second-order valence-electron chi connectivity index (χ2n) is 8.39. The van der Waals surface area contributed by atoms with Crippen LogP contribution in [-0.4, -0.2) is 27.6 Å². The fourth-order valence-corrected chi connectivity index (χ4v) is 3.94. The van der Waals surface area contributed by atoms with Crippen LogP contribution in [0.5, 0.6) is 0 Å². The van der Waals surface area contributed by atoms with Gasteiger partial charge in [0, 0.05) is 23.2 Å². The van der Waals surface area contributed by atoms with Gasteiger partial charge < -0.3 is 14.6 Å². The average molecular weight is 439 g/mol. The Bertz CT molecular complexity index is 1420. The van der Waals surface area contributed by atoms with Crippen LogP contribution in [0.3, 0.4) is 0 Å². The van der Waals surface area contributed by atoms with Crippen molar-refractivity contribution in [1.82, 2.24) is 20.4 Å². The third-order valence-corrected chi connectivity index (χ3v) is 5.80. The molecule has 0 bridgehead atoms. The molecule has 4 aromatic rings. The molecule has 0 spiro atoms. The first kappa shape index (κ1) is 20.8. The molecular weight excluding hydrogens is 418 g/mol. The molecule has 1 aliphatic rings. The van der Waals surface area contributed by atoms with E-state index in [9.17, 15) is 10.1 Å². The van der Waals surface area contributed by atoms with Crippen molar-refractivity contribution in [1.29, 1.82) is 5.26 Å². The van der Waals surface area contributed by atoms with Gasteiger partial charge in [-0.1, -0.05) is 11.2 Å². The molecule has 8 nitrogen and oxygen atoms in total. The van der Waals surface area contributed by atoms with E-state index in [1.165, 1.54) is 0 Å². The first-order chi connectivity index (χ1) is 15.9. The first-order valence-corrected chi connectivity index (χ1v) is 10.6. The molecule has 1 aromatic carbocycles. The lowest BCUT2D eigenvalue weighted by atomic mass is 9.79. The second-order valence-corrected chi connectivity index (χ2v) is 8.39. The van der Waals surface area contributed by atoms with Crippen LogP contribution in [0.4, 0.5) is 0 Å². The molecule has 1 amide bonds. The van der Waals surface area contributed by atoms with Crippen LogP contribution < -0.4 is 5.32 Å². The SMILES string of the molecule is Cc1cc(-c2ccc3cnc(CNC(=O)c4ccc5c(c4)[C@](C)(C#N)COC5)cc3n2)on1. The standard InChI is InChI=1S/C25H21N5O3/c1-15-7-23(33-30-15)21-6-5-17-10-27-19(9-22(17)29-21)11-28-24(31)16-3-4-18-12-32-14-25(2,13-26)20(18)8-16/h3-10H,11-12,14H2,1-2H3,(H,28,31)/t25-/m1/s1. The van der Waals surface area contributed by atoms with Gasteiger partial charge in [-0.3, -0.25) is 9.78 Å². The molecule has 0 saturated heterocycles. The van der Waals surface area contributed by atoms with Crippen molar-refractivity contribution in [2.45, 2.75) is 32.4 Å². The number of rotatable bonds is 4. The summed E-state index contributed by atoms with van der Waals surface area (Å²) < 4.78 is 10.8. The second kappa shape index (κ2) is 8.11. The molecule has 4 heterocycles. The lowest BCUT2D eigenvalue weighted by molar-refractivity contribution is 0.0757. The largest absolute Gasteiger partial charge is 0.375 e. The van der Waals surface area contributed by atoms with Crippen LogP contribution in [0, 0.1) is 18.3 Å². The van der Waals surface area contributed by atoms with Gasteiger partial charge in [0.25, 0.3) is 5.91 Å². The van der Waals surface area contributed by atoms with Crippen LogP contribution in [0.25, 0.3) is 22.4 Å². The Labute approximate surface area is 190 Å². The van der Waals surface area contributed by atoms with Crippen molar-refractivity contribution in [2.24, 2.45) is 0 Å². The van der Waals surface area contributed by atoms with Gasteiger partial charge in [0.2, 0.25) is 0 Å². The maximum Gasteiger partial charge on any atom is 0.251 e. The number of nitrogens with one attached hydrogen (secondary N) is 1. The van der Waals surface area contributed by atoms with Gasteiger partial charge in [-0.15, -0.1) is 0 Å². The van der Waals surface area contributed by atoms with E-state index in [1.54, 1.807) is 18.3 Å². The third kappa shape index (κ3) is 3.95.